The fourth-order valence-electron chi connectivity index (χ4n) is 2.63. The van der Waals surface area contributed by atoms with E-state index < -0.39 is 0 Å². The molecule has 0 N–H and O–H groups in total. The van der Waals surface area contributed by atoms with Crippen molar-refractivity contribution in [1.82, 2.24) is 4.98 Å². The minimum Gasteiger partial charge on any atom is -0.462 e. The maximum atomic E-state index is 12.3. The average Bonchev–Trinajstić information content (AvgIpc) is 2.61. The predicted octanol–water partition coefficient (Wildman–Crippen LogP) is 4.14. The Labute approximate surface area is 141 Å². The highest BCUT2D eigenvalue weighted by Crippen LogP contribution is 2.26. The van der Waals surface area contributed by atoms with Crippen molar-refractivity contribution in [2.24, 2.45) is 0 Å². The zero-order chi connectivity index (χ0) is 17.1. The van der Waals surface area contributed by atoms with Crippen LogP contribution in [-0.4, -0.2) is 31.7 Å². The molecule has 0 radical (unpaired) electrons. The van der Waals surface area contributed by atoms with Gasteiger partial charge in [0.15, 0.2) is 0 Å². The number of benzene rings is 2. The summed E-state index contributed by atoms with van der Waals surface area (Å²) in [6, 6.07) is 17.5. The normalized spacial score (nSPS) is 10.6. The highest BCUT2D eigenvalue weighted by Gasteiger charge is 2.14. The van der Waals surface area contributed by atoms with Crippen LogP contribution in [0.25, 0.3) is 22.2 Å². The van der Waals surface area contributed by atoms with Crippen LogP contribution in [0.15, 0.2) is 54.6 Å². The first kappa shape index (κ1) is 16.0. The topological polar surface area (TPSA) is 42.4 Å². The lowest BCUT2D eigenvalue weighted by Gasteiger charge is -2.13. The Bertz CT molecular complexity index is 870. The number of hydrogen-bond acceptors (Lipinski definition) is 4. The van der Waals surface area contributed by atoms with Crippen molar-refractivity contribution in [1.29, 1.82) is 0 Å². The van der Waals surface area contributed by atoms with Crippen LogP contribution in [0, 0.1) is 0 Å². The fourth-order valence-corrected chi connectivity index (χ4v) is 2.63. The number of anilines is 1. The molecule has 0 spiro atoms. The first-order chi connectivity index (χ1) is 11.6. The predicted molar refractivity (Wildman–Crippen MR) is 97.5 cm³/mol. The van der Waals surface area contributed by atoms with E-state index in [-0.39, 0.29) is 5.97 Å². The van der Waals surface area contributed by atoms with E-state index >= 15 is 0 Å². The molecule has 1 aromatic heterocycles. The van der Waals surface area contributed by atoms with Crippen LogP contribution in [0.5, 0.6) is 0 Å². The number of pyridine rings is 1. The Kier molecular flexibility index (Phi) is 4.47. The van der Waals surface area contributed by atoms with Crippen LogP contribution in [-0.2, 0) is 4.74 Å². The third-order valence-corrected chi connectivity index (χ3v) is 3.89. The highest BCUT2D eigenvalue weighted by atomic mass is 16.5. The molecule has 0 unspecified atom stereocenters. The van der Waals surface area contributed by atoms with Crippen LogP contribution >= 0.6 is 0 Å². The summed E-state index contributed by atoms with van der Waals surface area (Å²) in [7, 11) is 4.00. The minimum atomic E-state index is -0.317. The molecule has 0 saturated carbocycles. The second-order valence-corrected chi connectivity index (χ2v) is 5.73. The maximum Gasteiger partial charge on any atom is 0.338 e. The van der Waals surface area contributed by atoms with Crippen molar-refractivity contribution < 1.29 is 9.53 Å². The number of fused-ring (bicyclic) bond motifs is 1. The quantitative estimate of drug-likeness (QED) is 0.677. The van der Waals surface area contributed by atoms with Crippen molar-refractivity contribution in [2.45, 2.75) is 6.92 Å². The van der Waals surface area contributed by atoms with Crippen molar-refractivity contribution in [3.05, 3.63) is 60.2 Å². The monoisotopic (exact) mass is 320 g/mol. The number of rotatable bonds is 4. The summed E-state index contributed by atoms with van der Waals surface area (Å²) in [6.07, 6.45) is 0. The Morgan fingerprint density at radius 2 is 1.79 bits per heavy atom. The summed E-state index contributed by atoms with van der Waals surface area (Å²) >= 11 is 0. The molecule has 2 aromatic carbocycles. The van der Waals surface area contributed by atoms with Gasteiger partial charge in [-0.2, -0.15) is 0 Å². The van der Waals surface area contributed by atoms with E-state index in [2.05, 4.69) is 0 Å². The van der Waals surface area contributed by atoms with Crippen molar-refractivity contribution in [3.8, 4) is 11.3 Å². The van der Waals surface area contributed by atoms with Crippen LogP contribution in [0.2, 0.25) is 0 Å². The van der Waals surface area contributed by atoms with Crippen molar-refractivity contribution >= 4 is 22.6 Å². The molecule has 0 aliphatic heterocycles. The van der Waals surface area contributed by atoms with Gasteiger partial charge in [0.25, 0.3) is 0 Å². The molecule has 0 aliphatic rings. The van der Waals surface area contributed by atoms with Gasteiger partial charge in [-0.15, -0.1) is 0 Å². The Balaban J connectivity index is 2.13. The fraction of sp³-hybridized carbons (Fsp3) is 0.200. The number of ether oxygens (including phenoxy) is 1. The molecule has 3 aromatic rings. The van der Waals surface area contributed by atoms with Gasteiger partial charge in [-0.05, 0) is 31.2 Å². The van der Waals surface area contributed by atoms with Gasteiger partial charge in [-0.1, -0.05) is 30.3 Å². The highest BCUT2D eigenvalue weighted by molar-refractivity contribution is 6.04. The Hall–Kier alpha value is -2.88. The third kappa shape index (κ3) is 3.08. The minimum absolute atomic E-state index is 0.317. The number of carbonyl (C=O) groups excluding carboxylic acids is 1. The van der Waals surface area contributed by atoms with Crippen LogP contribution in [0.1, 0.15) is 17.3 Å². The number of esters is 1. The lowest BCUT2D eigenvalue weighted by Crippen LogP contribution is -2.08. The van der Waals surface area contributed by atoms with Gasteiger partial charge in [0.1, 0.15) is 0 Å². The number of para-hydroxylation sites is 1. The smallest absolute Gasteiger partial charge is 0.338 e. The summed E-state index contributed by atoms with van der Waals surface area (Å²) in [5, 5.41) is 0.810. The molecule has 0 saturated heterocycles. The van der Waals surface area contributed by atoms with Crippen LogP contribution < -0.4 is 4.90 Å². The molecule has 122 valence electrons. The molecule has 4 nitrogen and oxygen atoms in total. The second-order valence-electron chi connectivity index (χ2n) is 5.73. The molecule has 3 rings (SSSR count). The van der Waals surface area contributed by atoms with E-state index in [1.54, 1.807) is 0 Å². The van der Waals surface area contributed by atoms with Crippen LogP contribution in [0.4, 0.5) is 5.69 Å². The molecule has 0 atom stereocenters. The summed E-state index contributed by atoms with van der Waals surface area (Å²) in [6.45, 7) is 2.16. The molecule has 4 heteroatoms. The SMILES string of the molecule is CCOC(=O)c1cc(-c2ccc(N(C)C)cc2)nc2ccccc12. The molecule has 0 fully saturated rings. The third-order valence-electron chi connectivity index (χ3n) is 3.89. The van der Waals surface area contributed by atoms with Crippen LogP contribution in [0.3, 0.4) is 0 Å². The average molecular weight is 320 g/mol. The first-order valence-corrected chi connectivity index (χ1v) is 7.95. The maximum absolute atomic E-state index is 12.3. The van der Waals surface area contributed by atoms with Gasteiger partial charge < -0.3 is 9.64 Å². The molecule has 0 aliphatic carbocycles. The Morgan fingerprint density at radius 3 is 2.46 bits per heavy atom. The lowest BCUT2D eigenvalue weighted by molar-refractivity contribution is 0.0528. The van der Waals surface area contributed by atoms with Gasteiger partial charge in [0.05, 0.1) is 23.4 Å². The zero-order valence-corrected chi connectivity index (χ0v) is 14.1. The molecule has 1 heterocycles. The summed E-state index contributed by atoms with van der Waals surface area (Å²) in [5.74, 6) is -0.317. The molecule has 0 amide bonds. The van der Waals surface area contributed by atoms with Gasteiger partial charge >= 0.3 is 5.97 Å². The van der Waals surface area contributed by atoms with Crippen molar-refractivity contribution in [2.75, 3.05) is 25.6 Å². The van der Waals surface area contributed by atoms with E-state index in [0.29, 0.717) is 12.2 Å². The first-order valence-electron chi connectivity index (χ1n) is 7.95. The van der Waals surface area contributed by atoms with Gasteiger partial charge in [-0.25, -0.2) is 9.78 Å². The van der Waals surface area contributed by atoms with Gasteiger partial charge in [0, 0.05) is 30.7 Å². The van der Waals surface area contributed by atoms with Gasteiger partial charge in [0.2, 0.25) is 0 Å². The number of nitrogens with zero attached hydrogens (tertiary/aromatic N) is 2. The number of carbonyl (C=O) groups is 1. The van der Waals surface area contributed by atoms with Gasteiger partial charge in [-0.3, -0.25) is 0 Å². The zero-order valence-electron chi connectivity index (χ0n) is 14.1. The standard InChI is InChI=1S/C20H20N2O2/c1-4-24-20(23)17-13-19(21-18-8-6-5-7-16(17)18)14-9-11-15(12-10-14)22(2)3/h5-13H,4H2,1-3H3. The second kappa shape index (κ2) is 6.71. The van der Waals surface area contributed by atoms with E-state index in [0.717, 1.165) is 27.8 Å². The van der Waals surface area contributed by atoms with E-state index in [4.69, 9.17) is 9.72 Å². The number of hydrogen-bond donors (Lipinski definition) is 0. The Morgan fingerprint density at radius 1 is 1.08 bits per heavy atom. The summed E-state index contributed by atoms with van der Waals surface area (Å²) < 4.78 is 5.20. The molecule has 24 heavy (non-hydrogen) atoms. The largest absolute Gasteiger partial charge is 0.462 e. The molecular weight excluding hydrogens is 300 g/mol. The van der Waals surface area contributed by atoms with E-state index in [1.807, 2.05) is 80.5 Å². The number of aromatic nitrogens is 1. The van der Waals surface area contributed by atoms with E-state index in [1.165, 1.54) is 0 Å². The van der Waals surface area contributed by atoms with E-state index in [9.17, 15) is 4.79 Å². The van der Waals surface area contributed by atoms with Crippen molar-refractivity contribution in [3.63, 3.8) is 0 Å². The summed E-state index contributed by atoms with van der Waals surface area (Å²) in [5.41, 5.74) is 4.19. The lowest BCUT2D eigenvalue weighted by atomic mass is 10.0. The molecular formula is C20H20N2O2. The summed E-state index contributed by atoms with van der Waals surface area (Å²) in [4.78, 5) is 19.1. The molecule has 0 bridgehead atoms.